The maximum Gasteiger partial charge on any atom is 0.0678 e. The maximum absolute atomic E-state index is 6.40. The predicted molar refractivity (Wildman–Crippen MR) is 84.0 cm³/mol. The van der Waals surface area contributed by atoms with Gasteiger partial charge < -0.3 is 10.5 Å². The van der Waals surface area contributed by atoms with Crippen molar-refractivity contribution in [3.63, 3.8) is 0 Å². The van der Waals surface area contributed by atoms with Gasteiger partial charge >= 0.3 is 0 Å². The molecule has 0 radical (unpaired) electrons. The topological polar surface area (TPSA) is 38.5 Å². The average Bonchev–Trinajstić information content (AvgIpc) is 2.37. The summed E-state index contributed by atoms with van der Waals surface area (Å²) in [6, 6.07) is 8.37. The van der Waals surface area contributed by atoms with Crippen molar-refractivity contribution in [2.75, 3.05) is 13.1 Å². The van der Waals surface area contributed by atoms with Gasteiger partial charge in [0, 0.05) is 24.2 Å². The number of benzene rings is 1. The molecule has 2 N–H and O–H groups in total. The molecule has 20 heavy (non-hydrogen) atoms. The summed E-state index contributed by atoms with van der Waals surface area (Å²) in [5.74, 6) is 0. The Morgan fingerprint density at radius 2 is 2.00 bits per heavy atom. The summed E-state index contributed by atoms with van der Waals surface area (Å²) in [5, 5.41) is 0.769. The van der Waals surface area contributed by atoms with Crippen LogP contribution in [0.4, 0.5) is 0 Å². The fraction of sp³-hybridized carbons (Fsp3) is 0.625. The first-order valence-electron chi connectivity index (χ1n) is 7.41. The summed E-state index contributed by atoms with van der Waals surface area (Å²) >= 11 is 6.15. The van der Waals surface area contributed by atoms with Gasteiger partial charge in [0.1, 0.15) is 0 Å². The van der Waals surface area contributed by atoms with Crippen molar-refractivity contribution in [2.45, 2.75) is 51.5 Å². The molecule has 4 atom stereocenters. The van der Waals surface area contributed by atoms with E-state index in [4.69, 9.17) is 22.1 Å². The van der Waals surface area contributed by atoms with Crippen molar-refractivity contribution in [1.82, 2.24) is 4.90 Å². The fourth-order valence-corrected chi connectivity index (χ4v) is 3.29. The third-order valence-corrected chi connectivity index (χ3v) is 4.14. The van der Waals surface area contributed by atoms with Crippen molar-refractivity contribution in [3.8, 4) is 0 Å². The molecule has 0 bridgehead atoms. The lowest BCUT2D eigenvalue weighted by molar-refractivity contribution is -0.0838. The van der Waals surface area contributed by atoms with Crippen molar-refractivity contribution in [3.05, 3.63) is 34.9 Å². The normalized spacial score (nSPS) is 27.2. The second-order valence-corrected chi connectivity index (χ2v) is 6.22. The zero-order valence-corrected chi connectivity index (χ0v) is 13.3. The summed E-state index contributed by atoms with van der Waals surface area (Å²) in [6.45, 7) is 8.20. The molecule has 0 aliphatic carbocycles. The second kappa shape index (κ2) is 6.90. The third kappa shape index (κ3) is 3.73. The van der Waals surface area contributed by atoms with Crippen molar-refractivity contribution in [2.24, 2.45) is 5.73 Å². The van der Waals surface area contributed by atoms with E-state index >= 15 is 0 Å². The van der Waals surface area contributed by atoms with Crippen molar-refractivity contribution >= 4 is 11.6 Å². The van der Waals surface area contributed by atoms with E-state index < -0.39 is 0 Å². The van der Waals surface area contributed by atoms with Crippen LogP contribution in [0.5, 0.6) is 0 Å². The molecule has 1 heterocycles. The largest absolute Gasteiger partial charge is 0.373 e. The van der Waals surface area contributed by atoms with Crippen molar-refractivity contribution < 1.29 is 4.74 Å². The van der Waals surface area contributed by atoms with Gasteiger partial charge in [-0.3, -0.25) is 4.90 Å². The van der Waals surface area contributed by atoms with E-state index in [2.05, 4.69) is 31.7 Å². The lowest BCUT2D eigenvalue weighted by Crippen LogP contribution is -2.51. The Bertz CT molecular complexity index is 430. The minimum atomic E-state index is 0.103. The van der Waals surface area contributed by atoms with E-state index in [1.165, 1.54) is 5.56 Å². The van der Waals surface area contributed by atoms with Crippen LogP contribution >= 0.6 is 11.6 Å². The number of hydrogen-bond donors (Lipinski definition) is 1. The Labute approximate surface area is 127 Å². The standard InChI is InChI=1S/C16H25ClN2O/c1-4-15(18)16(13-6-5-7-14(17)8-13)19-9-11(2)20-12(3)10-19/h5-8,11-12,15-16H,4,9-10,18H2,1-3H3. The van der Waals surface area contributed by atoms with Crippen LogP contribution in [0, 0.1) is 0 Å². The number of morpholine rings is 1. The van der Waals surface area contributed by atoms with E-state index in [0.29, 0.717) is 0 Å². The van der Waals surface area contributed by atoms with E-state index in [9.17, 15) is 0 Å². The molecular formula is C16H25ClN2O. The SMILES string of the molecule is CCC(N)C(c1cccc(Cl)c1)N1CC(C)OC(C)C1. The molecule has 1 aromatic carbocycles. The molecular weight excluding hydrogens is 272 g/mol. The molecule has 1 aliphatic rings. The second-order valence-electron chi connectivity index (χ2n) is 5.78. The number of halogens is 1. The first-order chi connectivity index (χ1) is 9.51. The molecule has 3 nitrogen and oxygen atoms in total. The van der Waals surface area contributed by atoms with E-state index in [-0.39, 0.29) is 24.3 Å². The fourth-order valence-electron chi connectivity index (χ4n) is 3.09. The molecule has 1 saturated heterocycles. The lowest BCUT2D eigenvalue weighted by atomic mass is 9.95. The van der Waals surface area contributed by atoms with Gasteiger partial charge in [0.25, 0.3) is 0 Å². The summed E-state index contributed by atoms with van der Waals surface area (Å²) in [5.41, 5.74) is 7.60. The average molecular weight is 297 g/mol. The molecule has 112 valence electrons. The Balaban J connectivity index is 2.27. The van der Waals surface area contributed by atoms with Gasteiger partial charge in [-0.05, 0) is 38.0 Å². The zero-order chi connectivity index (χ0) is 14.7. The number of hydrogen-bond acceptors (Lipinski definition) is 3. The van der Waals surface area contributed by atoms with Crippen LogP contribution in [0.1, 0.15) is 38.8 Å². The summed E-state index contributed by atoms with van der Waals surface area (Å²) in [6.07, 6.45) is 1.42. The summed E-state index contributed by atoms with van der Waals surface area (Å²) < 4.78 is 5.83. The van der Waals surface area contributed by atoms with Gasteiger partial charge in [-0.2, -0.15) is 0 Å². The van der Waals surface area contributed by atoms with Crippen LogP contribution in [0.25, 0.3) is 0 Å². The highest BCUT2D eigenvalue weighted by Crippen LogP contribution is 2.29. The Morgan fingerprint density at radius 1 is 1.35 bits per heavy atom. The number of nitrogens with two attached hydrogens (primary N) is 1. The Morgan fingerprint density at radius 3 is 2.55 bits per heavy atom. The smallest absolute Gasteiger partial charge is 0.0678 e. The van der Waals surface area contributed by atoms with Crippen LogP contribution in [0.15, 0.2) is 24.3 Å². The van der Waals surface area contributed by atoms with E-state index in [0.717, 1.165) is 24.5 Å². The van der Waals surface area contributed by atoms with Gasteiger partial charge in [0.2, 0.25) is 0 Å². The quantitative estimate of drug-likeness (QED) is 0.927. The van der Waals surface area contributed by atoms with Crippen LogP contribution < -0.4 is 5.73 Å². The van der Waals surface area contributed by atoms with E-state index in [1.54, 1.807) is 0 Å². The Kier molecular flexibility index (Phi) is 5.44. The summed E-state index contributed by atoms with van der Waals surface area (Å²) in [4.78, 5) is 2.44. The first kappa shape index (κ1) is 15.8. The molecule has 0 saturated carbocycles. The van der Waals surface area contributed by atoms with Gasteiger partial charge in [-0.15, -0.1) is 0 Å². The number of ether oxygens (including phenoxy) is 1. The monoisotopic (exact) mass is 296 g/mol. The van der Waals surface area contributed by atoms with Crippen LogP contribution in [-0.2, 0) is 4.74 Å². The molecule has 0 aromatic heterocycles. The summed E-state index contributed by atoms with van der Waals surface area (Å²) in [7, 11) is 0. The van der Waals surface area contributed by atoms with Crippen LogP contribution in [0.2, 0.25) is 5.02 Å². The molecule has 1 aromatic rings. The molecule has 2 rings (SSSR count). The third-order valence-electron chi connectivity index (χ3n) is 3.91. The van der Waals surface area contributed by atoms with Gasteiger partial charge in [-0.1, -0.05) is 30.7 Å². The molecule has 4 unspecified atom stereocenters. The van der Waals surface area contributed by atoms with Gasteiger partial charge in [-0.25, -0.2) is 0 Å². The van der Waals surface area contributed by atoms with E-state index in [1.807, 2.05) is 18.2 Å². The lowest BCUT2D eigenvalue weighted by Gasteiger charge is -2.42. The molecule has 0 amide bonds. The molecule has 4 heteroatoms. The Hall–Kier alpha value is -0.610. The molecule has 1 aliphatic heterocycles. The van der Waals surface area contributed by atoms with Gasteiger partial charge in [0.15, 0.2) is 0 Å². The highest BCUT2D eigenvalue weighted by molar-refractivity contribution is 6.30. The molecule has 0 spiro atoms. The van der Waals surface area contributed by atoms with Crippen LogP contribution in [-0.4, -0.2) is 36.2 Å². The number of nitrogens with zero attached hydrogens (tertiary/aromatic N) is 1. The highest BCUT2D eigenvalue weighted by Gasteiger charge is 2.31. The number of rotatable bonds is 4. The van der Waals surface area contributed by atoms with Crippen LogP contribution in [0.3, 0.4) is 0 Å². The minimum Gasteiger partial charge on any atom is -0.373 e. The maximum atomic E-state index is 6.40. The van der Waals surface area contributed by atoms with Crippen molar-refractivity contribution in [1.29, 1.82) is 0 Å². The first-order valence-corrected chi connectivity index (χ1v) is 7.79. The molecule has 1 fully saturated rings. The van der Waals surface area contributed by atoms with Gasteiger partial charge in [0.05, 0.1) is 18.2 Å². The highest BCUT2D eigenvalue weighted by atomic mass is 35.5. The predicted octanol–water partition coefficient (Wildman–Crippen LogP) is 3.23. The minimum absolute atomic E-state index is 0.103. The zero-order valence-electron chi connectivity index (χ0n) is 12.6.